The van der Waals surface area contributed by atoms with Gasteiger partial charge in [0.25, 0.3) is 0 Å². The van der Waals surface area contributed by atoms with Gasteiger partial charge in [0, 0.05) is 0 Å². The molecule has 0 aliphatic rings. The summed E-state index contributed by atoms with van der Waals surface area (Å²) in [5, 5.41) is 3.18. The van der Waals surface area contributed by atoms with Crippen molar-refractivity contribution in [2.75, 3.05) is 13.6 Å². The maximum atomic E-state index is 3.18. The Balaban J connectivity index is -0.000000218. The van der Waals surface area contributed by atoms with E-state index in [1.165, 1.54) is 6.42 Å². The van der Waals surface area contributed by atoms with Gasteiger partial charge in [0.05, 0.1) is 0 Å². The van der Waals surface area contributed by atoms with Crippen LogP contribution in [0.1, 0.15) is 54.9 Å². The van der Waals surface area contributed by atoms with E-state index in [4.69, 9.17) is 0 Å². The van der Waals surface area contributed by atoms with Gasteiger partial charge < -0.3 is 5.32 Å². The van der Waals surface area contributed by atoms with Gasteiger partial charge in [-0.1, -0.05) is 54.9 Å². The normalized spacial score (nSPS) is 12.9. The van der Waals surface area contributed by atoms with Crippen LogP contribution < -0.4 is 5.32 Å². The van der Waals surface area contributed by atoms with Crippen molar-refractivity contribution in [1.82, 2.24) is 5.32 Å². The average Bonchev–Trinajstić information content (AvgIpc) is 2.23. The largest absolute Gasteiger partial charge is 0.319 e. The predicted molar refractivity (Wildman–Crippen MR) is 65.2 cm³/mol. The van der Waals surface area contributed by atoms with Crippen molar-refractivity contribution in [3.63, 3.8) is 0 Å². The van der Waals surface area contributed by atoms with Gasteiger partial charge in [-0.25, -0.2) is 0 Å². The van der Waals surface area contributed by atoms with Crippen LogP contribution in [0.5, 0.6) is 0 Å². The molecule has 0 radical (unpaired) electrons. The smallest absolute Gasteiger partial charge is 0.00236 e. The fourth-order valence-electron chi connectivity index (χ4n) is 0.926. The van der Waals surface area contributed by atoms with Crippen molar-refractivity contribution in [3.8, 4) is 0 Å². The number of rotatable bonds is 4. The van der Waals surface area contributed by atoms with Crippen LogP contribution in [0.2, 0.25) is 0 Å². The van der Waals surface area contributed by atoms with Crippen molar-refractivity contribution in [3.05, 3.63) is 0 Å². The van der Waals surface area contributed by atoms with Gasteiger partial charge in [-0.05, 0) is 25.4 Å². The van der Waals surface area contributed by atoms with E-state index in [0.717, 1.165) is 18.4 Å². The van der Waals surface area contributed by atoms with Crippen LogP contribution in [0.3, 0.4) is 0 Å². The van der Waals surface area contributed by atoms with Crippen molar-refractivity contribution in [2.45, 2.75) is 54.9 Å². The Morgan fingerprint density at radius 2 is 1.31 bits per heavy atom. The zero-order chi connectivity index (χ0) is 11.3. The maximum Gasteiger partial charge on any atom is -0.00236 e. The molecule has 0 amide bonds. The van der Waals surface area contributed by atoms with Crippen LogP contribution in [0.15, 0.2) is 0 Å². The SMILES string of the molecule is CC.CC.CCC(C)C(C)CNC. The summed E-state index contributed by atoms with van der Waals surface area (Å²) in [6.07, 6.45) is 1.29. The van der Waals surface area contributed by atoms with Crippen LogP contribution in [0, 0.1) is 11.8 Å². The Kier molecular flexibility index (Phi) is 25.7. The van der Waals surface area contributed by atoms with Crippen LogP contribution in [-0.4, -0.2) is 13.6 Å². The zero-order valence-corrected chi connectivity index (χ0v) is 11.1. The first-order valence-electron chi connectivity index (χ1n) is 5.87. The minimum Gasteiger partial charge on any atom is -0.319 e. The van der Waals surface area contributed by atoms with Gasteiger partial charge in [0.2, 0.25) is 0 Å². The molecular weight excluding hydrogens is 158 g/mol. The molecule has 2 unspecified atom stereocenters. The van der Waals surface area contributed by atoms with Gasteiger partial charge in [-0.2, -0.15) is 0 Å². The molecule has 0 saturated heterocycles. The highest BCUT2D eigenvalue weighted by atomic mass is 14.8. The number of hydrogen-bond donors (Lipinski definition) is 1. The third-order valence-electron chi connectivity index (χ3n) is 2.14. The first-order chi connectivity index (χ1) is 6.22. The number of hydrogen-bond acceptors (Lipinski definition) is 1. The lowest BCUT2D eigenvalue weighted by Gasteiger charge is -2.16. The molecule has 0 rings (SSSR count). The van der Waals surface area contributed by atoms with Crippen molar-refractivity contribution in [1.29, 1.82) is 0 Å². The van der Waals surface area contributed by atoms with E-state index in [-0.39, 0.29) is 0 Å². The van der Waals surface area contributed by atoms with Gasteiger partial charge >= 0.3 is 0 Å². The van der Waals surface area contributed by atoms with Gasteiger partial charge in [-0.3, -0.25) is 0 Å². The van der Waals surface area contributed by atoms with Gasteiger partial charge in [0.15, 0.2) is 0 Å². The molecule has 0 spiro atoms. The summed E-state index contributed by atoms with van der Waals surface area (Å²) in [5.74, 6) is 1.68. The Morgan fingerprint density at radius 1 is 0.923 bits per heavy atom. The van der Waals surface area contributed by atoms with Gasteiger partial charge in [-0.15, -0.1) is 0 Å². The van der Waals surface area contributed by atoms with Crippen molar-refractivity contribution < 1.29 is 0 Å². The molecule has 84 valence electrons. The minimum atomic E-state index is 0.819. The highest BCUT2D eigenvalue weighted by molar-refractivity contribution is 4.60. The summed E-state index contributed by atoms with van der Waals surface area (Å²) in [4.78, 5) is 0. The lowest BCUT2D eigenvalue weighted by molar-refractivity contribution is 0.367. The average molecular weight is 189 g/mol. The molecule has 0 aromatic rings. The summed E-state index contributed by atoms with van der Waals surface area (Å²) in [6.45, 7) is 16.0. The molecule has 0 aliphatic carbocycles. The molecule has 0 aromatic carbocycles. The molecule has 0 aromatic heterocycles. The quantitative estimate of drug-likeness (QED) is 0.706. The van der Waals surface area contributed by atoms with Crippen LogP contribution in [0.25, 0.3) is 0 Å². The Bertz CT molecular complexity index is 62.1. The molecule has 0 aliphatic heterocycles. The standard InChI is InChI=1S/C8H19N.2C2H6/c1-5-7(2)8(3)6-9-4;2*1-2/h7-9H,5-6H2,1-4H3;2*1-2H3. The summed E-state index contributed by atoms with van der Waals surface area (Å²) in [7, 11) is 2.01. The van der Waals surface area contributed by atoms with E-state index >= 15 is 0 Å². The molecule has 1 N–H and O–H groups in total. The fourth-order valence-corrected chi connectivity index (χ4v) is 0.926. The van der Waals surface area contributed by atoms with Crippen LogP contribution in [-0.2, 0) is 0 Å². The fraction of sp³-hybridized carbons (Fsp3) is 1.00. The van der Waals surface area contributed by atoms with Crippen molar-refractivity contribution >= 4 is 0 Å². The highest BCUT2D eigenvalue weighted by Crippen LogP contribution is 2.12. The molecule has 1 nitrogen and oxygen atoms in total. The van der Waals surface area contributed by atoms with E-state index in [2.05, 4.69) is 26.1 Å². The minimum absolute atomic E-state index is 0.819. The summed E-state index contributed by atoms with van der Waals surface area (Å²) in [6, 6.07) is 0. The Labute approximate surface area is 86.3 Å². The molecule has 2 atom stereocenters. The van der Waals surface area contributed by atoms with Gasteiger partial charge in [0.1, 0.15) is 0 Å². The van der Waals surface area contributed by atoms with E-state index in [9.17, 15) is 0 Å². The lowest BCUT2D eigenvalue weighted by atomic mass is 9.94. The molecule has 0 heterocycles. The summed E-state index contributed by atoms with van der Waals surface area (Å²) in [5.41, 5.74) is 0. The van der Waals surface area contributed by atoms with Crippen LogP contribution >= 0.6 is 0 Å². The molecule has 0 fully saturated rings. The zero-order valence-electron chi connectivity index (χ0n) is 11.1. The summed E-state index contributed by atoms with van der Waals surface area (Å²) >= 11 is 0. The monoisotopic (exact) mass is 189 g/mol. The van der Waals surface area contributed by atoms with E-state index < -0.39 is 0 Å². The second-order valence-electron chi connectivity index (χ2n) is 2.92. The molecule has 0 saturated carbocycles. The van der Waals surface area contributed by atoms with E-state index in [1.807, 2.05) is 34.7 Å². The summed E-state index contributed by atoms with van der Waals surface area (Å²) < 4.78 is 0. The molecule has 0 bridgehead atoms. The molecule has 13 heavy (non-hydrogen) atoms. The van der Waals surface area contributed by atoms with E-state index in [0.29, 0.717) is 0 Å². The molecular formula is C12H31N. The Morgan fingerprint density at radius 3 is 1.54 bits per heavy atom. The van der Waals surface area contributed by atoms with Crippen LogP contribution in [0.4, 0.5) is 0 Å². The Hall–Kier alpha value is -0.0400. The highest BCUT2D eigenvalue weighted by Gasteiger charge is 2.07. The third kappa shape index (κ3) is 14.8. The van der Waals surface area contributed by atoms with Crippen molar-refractivity contribution in [2.24, 2.45) is 11.8 Å². The topological polar surface area (TPSA) is 12.0 Å². The first kappa shape index (κ1) is 18.7. The van der Waals surface area contributed by atoms with E-state index in [1.54, 1.807) is 0 Å². The first-order valence-corrected chi connectivity index (χ1v) is 5.87. The lowest BCUT2D eigenvalue weighted by Crippen LogP contribution is -2.21. The number of nitrogens with one attached hydrogen (secondary N) is 1. The predicted octanol–water partition coefficient (Wildman–Crippen LogP) is 3.94. The molecule has 1 heteroatoms. The third-order valence-corrected chi connectivity index (χ3v) is 2.14. The second kappa shape index (κ2) is 17.9. The second-order valence-corrected chi connectivity index (χ2v) is 2.92. The maximum absolute atomic E-state index is 3.18.